The van der Waals surface area contributed by atoms with Crippen molar-refractivity contribution in [1.29, 1.82) is 0 Å². The van der Waals surface area contributed by atoms with Gasteiger partial charge in [0, 0.05) is 19.8 Å². The highest BCUT2D eigenvalue weighted by atomic mass is 16.7. The molecule has 0 radical (unpaired) electrons. The fourth-order valence-electron chi connectivity index (χ4n) is 15.1. The van der Waals surface area contributed by atoms with E-state index in [1.54, 1.807) is 13.8 Å². The summed E-state index contributed by atoms with van der Waals surface area (Å²) in [5.74, 6) is -1.90. The SMILES string of the molecule is CC(=O)OC1C(O)COC(OC2CCC3(C)C(C(OC4OC(CO)C(O)C(O)C4O)CC4C5(C)CC(O)C(C6(C)CCC(C(C)(C)O)O6)C5(C)CCC43C)C2(C)C)C1OC(C)=O. The predicted molar refractivity (Wildman–Crippen MR) is 220 cm³/mol. The van der Waals surface area contributed by atoms with Crippen molar-refractivity contribution in [3.8, 4) is 0 Å². The summed E-state index contributed by atoms with van der Waals surface area (Å²) in [6.45, 7) is 20.7. The molecular formula is C46H76O16. The summed E-state index contributed by atoms with van der Waals surface area (Å²) < 4.78 is 43.7. The van der Waals surface area contributed by atoms with Gasteiger partial charge in [0.05, 0.1) is 48.8 Å². The van der Waals surface area contributed by atoms with Crippen LogP contribution in [0.15, 0.2) is 0 Å². The predicted octanol–water partition coefficient (Wildman–Crippen LogP) is 2.50. The van der Waals surface area contributed by atoms with Gasteiger partial charge in [0.25, 0.3) is 0 Å². The first-order valence-corrected chi connectivity index (χ1v) is 22.9. The number of fused-ring (bicyclic) bond motifs is 5. The minimum absolute atomic E-state index is 0.0334. The third-order valence-corrected chi connectivity index (χ3v) is 18.3. The lowest BCUT2D eigenvalue weighted by atomic mass is 9.32. The highest BCUT2D eigenvalue weighted by Crippen LogP contribution is 2.79. The molecule has 3 saturated heterocycles. The van der Waals surface area contributed by atoms with Crippen molar-refractivity contribution in [3.63, 3.8) is 0 Å². The van der Waals surface area contributed by atoms with Gasteiger partial charge in [-0.05, 0) is 111 Å². The largest absolute Gasteiger partial charge is 0.455 e. The quantitative estimate of drug-likeness (QED) is 0.130. The summed E-state index contributed by atoms with van der Waals surface area (Å²) in [4.78, 5) is 24.5. The van der Waals surface area contributed by atoms with Crippen LogP contribution in [0.3, 0.4) is 0 Å². The molecule has 16 heteroatoms. The van der Waals surface area contributed by atoms with Crippen LogP contribution < -0.4 is 0 Å². The molecule has 3 aliphatic heterocycles. The van der Waals surface area contributed by atoms with Crippen LogP contribution in [-0.4, -0.2) is 152 Å². The fraction of sp³-hybridized carbons (Fsp3) is 0.957. The van der Waals surface area contributed by atoms with Gasteiger partial charge in [0.2, 0.25) is 0 Å². The maximum Gasteiger partial charge on any atom is 0.303 e. The van der Waals surface area contributed by atoms with Gasteiger partial charge in [-0.25, -0.2) is 0 Å². The van der Waals surface area contributed by atoms with Crippen LogP contribution in [-0.2, 0) is 42.7 Å². The number of rotatable bonds is 9. The van der Waals surface area contributed by atoms with Crippen LogP contribution in [0.25, 0.3) is 0 Å². The topological polar surface area (TPSA) is 240 Å². The zero-order valence-electron chi connectivity index (χ0n) is 38.6. The second kappa shape index (κ2) is 16.4. The molecule has 0 aromatic heterocycles. The van der Waals surface area contributed by atoms with E-state index in [9.17, 15) is 45.3 Å². The molecule has 7 fully saturated rings. The first-order chi connectivity index (χ1) is 28.6. The molecule has 7 rings (SSSR count). The number of carbonyl (C=O) groups excluding carboxylic acids is 2. The third-order valence-electron chi connectivity index (χ3n) is 18.3. The molecule has 21 unspecified atom stereocenters. The molecule has 0 bridgehead atoms. The summed E-state index contributed by atoms with van der Waals surface area (Å²) in [5.41, 5.74) is -4.07. The van der Waals surface area contributed by atoms with Gasteiger partial charge in [-0.3, -0.25) is 9.59 Å². The maximum absolute atomic E-state index is 12.4. The molecule has 0 aromatic rings. The van der Waals surface area contributed by atoms with Crippen molar-refractivity contribution in [2.24, 2.45) is 44.8 Å². The van der Waals surface area contributed by atoms with Crippen molar-refractivity contribution in [1.82, 2.24) is 0 Å². The molecule has 356 valence electrons. The van der Waals surface area contributed by atoms with Crippen LogP contribution in [0.1, 0.15) is 128 Å². The van der Waals surface area contributed by atoms with E-state index < -0.39 is 120 Å². The Kier molecular flexibility index (Phi) is 12.8. The first-order valence-electron chi connectivity index (χ1n) is 22.9. The van der Waals surface area contributed by atoms with Gasteiger partial charge in [-0.2, -0.15) is 0 Å². The lowest BCUT2D eigenvalue weighted by molar-refractivity contribution is -0.356. The van der Waals surface area contributed by atoms with E-state index >= 15 is 0 Å². The van der Waals surface area contributed by atoms with E-state index in [4.69, 9.17) is 33.2 Å². The van der Waals surface area contributed by atoms with Crippen LogP contribution in [0, 0.1) is 44.8 Å². The molecule has 16 nitrogen and oxygen atoms in total. The summed E-state index contributed by atoms with van der Waals surface area (Å²) in [6, 6.07) is 0. The van der Waals surface area contributed by atoms with E-state index in [0.29, 0.717) is 38.5 Å². The number of carbonyl (C=O) groups is 2. The summed E-state index contributed by atoms with van der Waals surface area (Å²) >= 11 is 0. The minimum Gasteiger partial charge on any atom is -0.455 e. The summed E-state index contributed by atoms with van der Waals surface area (Å²) in [5, 5.41) is 77.3. The zero-order valence-corrected chi connectivity index (χ0v) is 38.6. The van der Waals surface area contributed by atoms with E-state index in [2.05, 4.69) is 48.5 Å². The van der Waals surface area contributed by atoms with E-state index in [1.165, 1.54) is 13.8 Å². The van der Waals surface area contributed by atoms with Crippen molar-refractivity contribution >= 4 is 11.9 Å². The van der Waals surface area contributed by atoms with Crippen molar-refractivity contribution in [2.75, 3.05) is 13.2 Å². The molecule has 0 spiro atoms. The van der Waals surface area contributed by atoms with Crippen molar-refractivity contribution < 1.29 is 78.5 Å². The number of esters is 2. The Morgan fingerprint density at radius 1 is 0.710 bits per heavy atom. The Morgan fingerprint density at radius 3 is 1.92 bits per heavy atom. The Hall–Kier alpha value is -1.54. The Labute approximate surface area is 366 Å². The fourth-order valence-corrected chi connectivity index (χ4v) is 15.1. The molecule has 0 aromatic carbocycles. The highest BCUT2D eigenvalue weighted by Gasteiger charge is 2.77. The van der Waals surface area contributed by atoms with Gasteiger partial charge in [-0.15, -0.1) is 0 Å². The lowest BCUT2D eigenvalue weighted by Gasteiger charge is -2.73. The Bertz CT molecular complexity index is 1670. The molecule has 3 heterocycles. The number of aliphatic hydroxyl groups is 7. The monoisotopic (exact) mass is 885 g/mol. The van der Waals surface area contributed by atoms with Crippen LogP contribution in [0.5, 0.6) is 0 Å². The number of hydrogen-bond donors (Lipinski definition) is 7. The normalized spacial score (nSPS) is 52.7. The van der Waals surface area contributed by atoms with E-state index in [0.717, 1.165) is 12.8 Å². The van der Waals surface area contributed by atoms with Gasteiger partial charge in [0.15, 0.2) is 24.8 Å². The number of aliphatic hydroxyl groups excluding tert-OH is 6. The first kappa shape index (κ1) is 48.4. The molecule has 7 N–H and O–H groups in total. The molecular weight excluding hydrogens is 808 g/mol. The van der Waals surface area contributed by atoms with Crippen LogP contribution in [0.4, 0.5) is 0 Å². The standard InChI is InChI=1S/C46H76O16/c1-22(48)57-34-25(51)21-56-39(35(34)58-23(2)49)61-29-12-14-43(8)37(40(29,3)4)26(59-38-33(54)32(53)31(52)27(20-47)60-38)18-28-42(43,7)16-17-44(9)36(24(50)19-45(28,44)10)46(11)15-13-30(62-46)41(5,6)55/h24-39,47,50-55H,12-21H2,1-11H3. The maximum atomic E-state index is 12.4. The van der Waals surface area contributed by atoms with Crippen LogP contribution >= 0.6 is 0 Å². The van der Waals surface area contributed by atoms with E-state index in [-0.39, 0.29) is 41.3 Å². The molecule has 0 amide bonds. The summed E-state index contributed by atoms with van der Waals surface area (Å²) in [7, 11) is 0. The third kappa shape index (κ3) is 7.50. The van der Waals surface area contributed by atoms with Crippen molar-refractivity contribution in [2.45, 2.75) is 218 Å². The Morgan fingerprint density at radius 2 is 1.32 bits per heavy atom. The molecule has 21 atom stereocenters. The van der Waals surface area contributed by atoms with Crippen LogP contribution in [0.2, 0.25) is 0 Å². The van der Waals surface area contributed by atoms with Crippen molar-refractivity contribution in [3.05, 3.63) is 0 Å². The zero-order chi connectivity index (χ0) is 45.9. The second-order valence-electron chi connectivity index (χ2n) is 22.6. The number of ether oxygens (including phenoxy) is 7. The smallest absolute Gasteiger partial charge is 0.303 e. The molecule has 62 heavy (non-hydrogen) atoms. The van der Waals surface area contributed by atoms with Gasteiger partial charge < -0.3 is 68.9 Å². The van der Waals surface area contributed by atoms with Gasteiger partial charge >= 0.3 is 11.9 Å². The lowest BCUT2D eigenvalue weighted by Crippen LogP contribution is -2.71. The molecule has 4 aliphatic carbocycles. The second-order valence-corrected chi connectivity index (χ2v) is 22.6. The minimum atomic E-state index is -1.65. The Balaban J connectivity index is 1.27. The summed E-state index contributed by atoms with van der Waals surface area (Å²) in [6.07, 6.45) is -9.39. The van der Waals surface area contributed by atoms with Gasteiger partial charge in [0.1, 0.15) is 30.5 Å². The average molecular weight is 885 g/mol. The van der Waals surface area contributed by atoms with E-state index in [1.807, 2.05) is 0 Å². The molecule has 7 aliphatic rings. The average Bonchev–Trinajstić information content (AvgIpc) is 3.67. The number of hydrogen-bond acceptors (Lipinski definition) is 16. The highest BCUT2D eigenvalue weighted by molar-refractivity contribution is 5.67. The molecule has 4 saturated carbocycles. The van der Waals surface area contributed by atoms with Gasteiger partial charge in [-0.1, -0.05) is 41.5 Å².